The molecule has 0 saturated carbocycles. The number of hydrogen-bond acceptors (Lipinski definition) is 4. The lowest BCUT2D eigenvalue weighted by molar-refractivity contribution is 0.288. The van der Waals surface area contributed by atoms with Crippen molar-refractivity contribution in [3.63, 3.8) is 0 Å². The molecule has 0 aliphatic heterocycles. The first-order valence-electron chi connectivity index (χ1n) is 10.6. The normalized spacial score (nSPS) is 11.0. The molecule has 5 nitrogen and oxygen atoms in total. The SMILES string of the molecule is CCCCCCCCn1c(=O)c(OC)c(OCCCC)c2ccc(OC)cc21. The fourth-order valence-corrected chi connectivity index (χ4v) is 3.42. The van der Waals surface area contributed by atoms with Gasteiger partial charge < -0.3 is 18.8 Å². The number of hydrogen-bond donors (Lipinski definition) is 0. The lowest BCUT2D eigenvalue weighted by atomic mass is 10.1. The number of pyridine rings is 1. The van der Waals surface area contributed by atoms with E-state index in [9.17, 15) is 4.79 Å². The zero-order chi connectivity index (χ0) is 20.4. The van der Waals surface area contributed by atoms with Gasteiger partial charge in [0.05, 0.1) is 26.3 Å². The van der Waals surface area contributed by atoms with Gasteiger partial charge in [0, 0.05) is 18.0 Å². The maximum Gasteiger partial charge on any atom is 0.297 e. The van der Waals surface area contributed by atoms with Crippen LogP contribution in [-0.4, -0.2) is 25.4 Å². The van der Waals surface area contributed by atoms with Gasteiger partial charge in [-0.2, -0.15) is 0 Å². The summed E-state index contributed by atoms with van der Waals surface area (Å²) in [5, 5.41) is 0.888. The van der Waals surface area contributed by atoms with Crippen LogP contribution in [0.3, 0.4) is 0 Å². The highest BCUT2D eigenvalue weighted by atomic mass is 16.5. The Morgan fingerprint density at radius 3 is 2.25 bits per heavy atom. The van der Waals surface area contributed by atoms with Crippen LogP contribution in [0.4, 0.5) is 0 Å². The van der Waals surface area contributed by atoms with Crippen LogP contribution in [0.25, 0.3) is 10.9 Å². The molecule has 0 aliphatic rings. The smallest absolute Gasteiger partial charge is 0.297 e. The average Bonchev–Trinajstić information content (AvgIpc) is 2.72. The van der Waals surface area contributed by atoms with Gasteiger partial charge in [0.2, 0.25) is 5.75 Å². The molecule has 1 aromatic heterocycles. The number of rotatable bonds is 13. The maximum atomic E-state index is 13.2. The van der Waals surface area contributed by atoms with Crippen LogP contribution in [0.5, 0.6) is 17.2 Å². The minimum absolute atomic E-state index is 0.136. The number of aryl methyl sites for hydroxylation is 1. The van der Waals surface area contributed by atoms with Gasteiger partial charge in [-0.25, -0.2) is 0 Å². The Balaban J connectivity index is 2.39. The van der Waals surface area contributed by atoms with Crippen molar-refractivity contribution in [2.24, 2.45) is 0 Å². The summed E-state index contributed by atoms with van der Waals surface area (Å²) >= 11 is 0. The molecule has 0 bridgehead atoms. The average molecular weight is 390 g/mol. The third-order valence-electron chi connectivity index (χ3n) is 5.07. The van der Waals surface area contributed by atoms with E-state index in [1.165, 1.54) is 32.8 Å². The molecule has 28 heavy (non-hydrogen) atoms. The van der Waals surface area contributed by atoms with Crippen molar-refractivity contribution in [3.8, 4) is 17.2 Å². The first-order chi connectivity index (χ1) is 13.7. The van der Waals surface area contributed by atoms with Crippen molar-refractivity contribution in [1.29, 1.82) is 0 Å². The fraction of sp³-hybridized carbons (Fsp3) is 0.609. The van der Waals surface area contributed by atoms with Gasteiger partial charge in [-0.15, -0.1) is 0 Å². The molecule has 0 saturated heterocycles. The zero-order valence-corrected chi connectivity index (χ0v) is 17.9. The minimum atomic E-state index is -0.136. The molecule has 0 atom stereocenters. The Morgan fingerprint density at radius 1 is 0.857 bits per heavy atom. The van der Waals surface area contributed by atoms with Gasteiger partial charge in [0.15, 0.2) is 5.75 Å². The summed E-state index contributed by atoms with van der Waals surface area (Å²) in [5.74, 6) is 1.56. The second kappa shape index (κ2) is 11.6. The molecule has 0 unspecified atom stereocenters. The van der Waals surface area contributed by atoms with Gasteiger partial charge in [-0.05, 0) is 25.0 Å². The van der Waals surface area contributed by atoms with E-state index in [0.29, 0.717) is 24.7 Å². The van der Waals surface area contributed by atoms with Gasteiger partial charge in [-0.1, -0.05) is 52.4 Å². The predicted octanol–water partition coefficient (Wildman–Crippen LogP) is 5.56. The molecule has 0 fully saturated rings. The molecular weight excluding hydrogens is 354 g/mol. The third-order valence-corrected chi connectivity index (χ3v) is 5.07. The number of nitrogens with zero attached hydrogens (tertiary/aromatic N) is 1. The fourth-order valence-electron chi connectivity index (χ4n) is 3.42. The summed E-state index contributed by atoms with van der Waals surface area (Å²) in [6.45, 7) is 5.56. The predicted molar refractivity (Wildman–Crippen MR) is 115 cm³/mol. The van der Waals surface area contributed by atoms with Crippen LogP contribution in [-0.2, 0) is 6.54 Å². The monoisotopic (exact) mass is 389 g/mol. The minimum Gasteiger partial charge on any atom is -0.497 e. The largest absolute Gasteiger partial charge is 0.497 e. The standard InChI is InChI=1S/C23H35NO4/c1-5-7-9-10-11-12-15-24-20-17-18(26-3)13-14-19(20)21(28-16-8-6-2)22(27-4)23(24)25/h13-14,17H,5-12,15-16H2,1-4H3. The molecule has 2 aromatic rings. The van der Waals surface area contributed by atoms with Crippen molar-refractivity contribution in [1.82, 2.24) is 4.57 Å². The second-order valence-electron chi connectivity index (χ2n) is 7.17. The summed E-state index contributed by atoms with van der Waals surface area (Å²) < 4.78 is 18.7. The summed E-state index contributed by atoms with van der Waals surface area (Å²) in [7, 11) is 3.17. The third kappa shape index (κ3) is 5.43. The van der Waals surface area contributed by atoms with E-state index >= 15 is 0 Å². The zero-order valence-electron chi connectivity index (χ0n) is 17.9. The number of fused-ring (bicyclic) bond motifs is 1. The van der Waals surface area contributed by atoms with Crippen LogP contribution >= 0.6 is 0 Å². The van der Waals surface area contributed by atoms with E-state index in [-0.39, 0.29) is 5.56 Å². The highest BCUT2D eigenvalue weighted by molar-refractivity contribution is 5.89. The molecule has 156 valence electrons. The van der Waals surface area contributed by atoms with Gasteiger partial charge >= 0.3 is 0 Å². The number of ether oxygens (including phenoxy) is 3. The number of benzene rings is 1. The highest BCUT2D eigenvalue weighted by Gasteiger charge is 2.19. The van der Waals surface area contributed by atoms with Crippen LogP contribution in [0.15, 0.2) is 23.0 Å². The van der Waals surface area contributed by atoms with Crippen molar-refractivity contribution in [2.75, 3.05) is 20.8 Å². The Labute approximate surface area is 168 Å². The van der Waals surface area contributed by atoms with Crippen LogP contribution in [0.1, 0.15) is 65.2 Å². The first-order valence-corrected chi connectivity index (χ1v) is 10.6. The van der Waals surface area contributed by atoms with Gasteiger partial charge in [0.25, 0.3) is 5.56 Å². The molecular formula is C23H35NO4. The van der Waals surface area contributed by atoms with Crippen molar-refractivity contribution >= 4 is 10.9 Å². The Hall–Kier alpha value is -2.17. The Bertz CT molecular complexity index is 797. The summed E-state index contributed by atoms with van der Waals surface area (Å²) in [5.41, 5.74) is 0.702. The van der Waals surface area contributed by atoms with E-state index in [4.69, 9.17) is 14.2 Å². The molecule has 0 amide bonds. The van der Waals surface area contributed by atoms with Gasteiger partial charge in [-0.3, -0.25) is 4.79 Å². The maximum absolute atomic E-state index is 13.2. The van der Waals surface area contributed by atoms with E-state index in [1.807, 2.05) is 22.8 Å². The van der Waals surface area contributed by atoms with Crippen molar-refractivity contribution in [2.45, 2.75) is 71.8 Å². The summed E-state index contributed by atoms with van der Waals surface area (Å²) in [4.78, 5) is 13.2. The second-order valence-corrected chi connectivity index (χ2v) is 7.17. The molecule has 1 heterocycles. The number of aromatic nitrogens is 1. The molecule has 1 aromatic carbocycles. The van der Waals surface area contributed by atoms with Crippen molar-refractivity contribution in [3.05, 3.63) is 28.6 Å². The molecule has 0 radical (unpaired) electrons. The van der Waals surface area contributed by atoms with Crippen molar-refractivity contribution < 1.29 is 14.2 Å². The molecule has 0 N–H and O–H groups in total. The molecule has 0 aliphatic carbocycles. The molecule has 0 spiro atoms. The summed E-state index contributed by atoms with van der Waals surface area (Å²) in [6, 6.07) is 5.77. The van der Waals surface area contributed by atoms with Crippen LogP contribution in [0, 0.1) is 0 Å². The topological polar surface area (TPSA) is 49.7 Å². The van der Waals surface area contributed by atoms with Gasteiger partial charge in [0.1, 0.15) is 5.75 Å². The van der Waals surface area contributed by atoms with E-state index in [1.54, 1.807) is 7.11 Å². The first kappa shape index (κ1) is 22.1. The van der Waals surface area contributed by atoms with E-state index in [0.717, 1.165) is 42.3 Å². The van der Waals surface area contributed by atoms with Crippen LogP contribution in [0.2, 0.25) is 0 Å². The number of methoxy groups -OCH3 is 2. The number of unbranched alkanes of at least 4 members (excludes halogenated alkanes) is 6. The van der Waals surface area contributed by atoms with E-state index < -0.39 is 0 Å². The highest BCUT2D eigenvalue weighted by Crippen LogP contribution is 2.34. The Kier molecular flexibility index (Phi) is 9.18. The molecule has 5 heteroatoms. The van der Waals surface area contributed by atoms with Crippen LogP contribution < -0.4 is 19.8 Å². The Morgan fingerprint density at radius 2 is 1.57 bits per heavy atom. The lowest BCUT2D eigenvalue weighted by Gasteiger charge is -2.18. The summed E-state index contributed by atoms with van der Waals surface area (Å²) in [6.07, 6.45) is 9.03. The quantitative estimate of drug-likeness (QED) is 0.421. The lowest BCUT2D eigenvalue weighted by Crippen LogP contribution is -2.23. The van der Waals surface area contributed by atoms with E-state index in [2.05, 4.69) is 13.8 Å². The molecule has 2 rings (SSSR count).